The van der Waals surface area contributed by atoms with Gasteiger partial charge in [-0.1, -0.05) is 20.8 Å². The van der Waals surface area contributed by atoms with Gasteiger partial charge in [-0.3, -0.25) is 4.79 Å². The molecule has 0 heterocycles. The molecular weight excluding hydrogens is 176 g/mol. The topological polar surface area (TPSA) is 32.3 Å². The maximum absolute atomic E-state index is 11.3. The van der Waals surface area contributed by atoms with Crippen LogP contribution in [0.4, 0.5) is 0 Å². The van der Waals surface area contributed by atoms with Crippen molar-refractivity contribution in [3.63, 3.8) is 0 Å². The summed E-state index contributed by atoms with van der Waals surface area (Å²) in [6.07, 6.45) is 1.57. The highest BCUT2D eigenvalue weighted by Gasteiger charge is 2.11. The van der Waals surface area contributed by atoms with Crippen LogP contribution in [-0.2, 0) is 4.79 Å². The van der Waals surface area contributed by atoms with Crippen molar-refractivity contribution < 1.29 is 4.79 Å². The first kappa shape index (κ1) is 13.4. The first-order valence-corrected chi connectivity index (χ1v) is 5.23. The Balaban J connectivity index is 3.47. The summed E-state index contributed by atoms with van der Waals surface area (Å²) in [6.45, 7) is 8.09. The van der Waals surface area contributed by atoms with Crippen molar-refractivity contribution in [2.75, 3.05) is 27.2 Å². The molecule has 0 aliphatic rings. The Labute approximate surface area is 87.9 Å². The largest absolute Gasteiger partial charge is 0.356 e. The summed E-state index contributed by atoms with van der Waals surface area (Å²) < 4.78 is 0. The smallest absolute Gasteiger partial charge is 0.220 e. The summed E-state index contributed by atoms with van der Waals surface area (Å²) in [4.78, 5) is 13.4. The third-order valence-electron chi connectivity index (χ3n) is 1.83. The molecule has 84 valence electrons. The third-order valence-corrected chi connectivity index (χ3v) is 1.83. The first-order valence-electron chi connectivity index (χ1n) is 5.23. The second-order valence-electron chi connectivity index (χ2n) is 5.24. The first-order chi connectivity index (χ1) is 6.31. The van der Waals surface area contributed by atoms with Gasteiger partial charge in [0, 0.05) is 13.0 Å². The molecule has 3 nitrogen and oxygen atoms in total. The van der Waals surface area contributed by atoms with E-state index in [1.807, 2.05) is 14.1 Å². The monoisotopic (exact) mass is 200 g/mol. The molecule has 0 spiro atoms. The Morgan fingerprint density at radius 2 is 1.86 bits per heavy atom. The number of rotatable bonds is 5. The van der Waals surface area contributed by atoms with Crippen LogP contribution in [-0.4, -0.2) is 38.0 Å². The molecule has 0 aromatic carbocycles. The molecule has 0 saturated carbocycles. The van der Waals surface area contributed by atoms with Crippen LogP contribution in [0.3, 0.4) is 0 Å². The van der Waals surface area contributed by atoms with Gasteiger partial charge in [-0.15, -0.1) is 0 Å². The Kier molecular flexibility index (Phi) is 5.77. The van der Waals surface area contributed by atoms with E-state index in [0.29, 0.717) is 6.42 Å². The van der Waals surface area contributed by atoms with E-state index >= 15 is 0 Å². The molecule has 0 fully saturated rings. The van der Waals surface area contributed by atoms with Crippen LogP contribution in [0, 0.1) is 5.41 Å². The highest BCUT2D eigenvalue weighted by atomic mass is 16.1. The Morgan fingerprint density at radius 1 is 1.29 bits per heavy atom. The van der Waals surface area contributed by atoms with Crippen molar-refractivity contribution in [3.8, 4) is 0 Å². The molecule has 0 aliphatic carbocycles. The lowest BCUT2D eigenvalue weighted by atomic mass is 9.97. The Morgan fingerprint density at radius 3 is 2.29 bits per heavy atom. The highest BCUT2D eigenvalue weighted by Crippen LogP contribution is 2.10. The van der Waals surface area contributed by atoms with Gasteiger partial charge in [0.1, 0.15) is 0 Å². The van der Waals surface area contributed by atoms with Crippen molar-refractivity contribution in [1.82, 2.24) is 10.2 Å². The van der Waals surface area contributed by atoms with Crippen molar-refractivity contribution >= 4 is 5.91 Å². The number of nitrogens with zero attached hydrogens (tertiary/aromatic N) is 1. The number of hydrogen-bond acceptors (Lipinski definition) is 2. The molecule has 0 rings (SSSR count). The minimum Gasteiger partial charge on any atom is -0.356 e. The Bertz CT molecular complexity index is 171. The number of hydrogen-bond donors (Lipinski definition) is 1. The summed E-state index contributed by atoms with van der Waals surface area (Å²) >= 11 is 0. The van der Waals surface area contributed by atoms with E-state index in [1.54, 1.807) is 0 Å². The average Bonchev–Trinajstić information content (AvgIpc) is 1.99. The van der Waals surface area contributed by atoms with Gasteiger partial charge in [0.2, 0.25) is 5.91 Å². The van der Waals surface area contributed by atoms with E-state index in [-0.39, 0.29) is 11.3 Å². The zero-order chi connectivity index (χ0) is 11.2. The molecule has 3 heteroatoms. The normalized spacial score (nSPS) is 11.9. The number of amides is 1. The van der Waals surface area contributed by atoms with E-state index in [9.17, 15) is 4.79 Å². The van der Waals surface area contributed by atoms with E-state index in [4.69, 9.17) is 0 Å². The van der Waals surface area contributed by atoms with Gasteiger partial charge in [0.15, 0.2) is 0 Å². The fourth-order valence-corrected chi connectivity index (χ4v) is 1.01. The lowest BCUT2D eigenvalue weighted by molar-refractivity contribution is -0.121. The zero-order valence-corrected chi connectivity index (χ0v) is 10.2. The lowest BCUT2D eigenvalue weighted by Crippen LogP contribution is -2.32. The fourth-order valence-electron chi connectivity index (χ4n) is 1.01. The molecule has 0 radical (unpaired) electrons. The summed E-state index contributed by atoms with van der Waals surface area (Å²) in [5.41, 5.74) is 0.178. The van der Waals surface area contributed by atoms with E-state index in [2.05, 4.69) is 31.0 Å². The lowest BCUT2D eigenvalue weighted by Gasteiger charge is -2.18. The van der Waals surface area contributed by atoms with E-state index < -0.39 is 0 Å². The molecule has 0 aromatic heterocycles. The summed E-state index contributed by atoms with van der Waals surface area (Å²) in [7, 11) is 4.04. The van der Waals surface area contributed by atoms with Gasteiger partial charge in [-0.05, 0) is 32.5 Å². The second-order valence-corrected chi connectivity index (χ2v) is 5.24. The molecule has 0 aromatic rings. The summed E-state index contributed by atoms with van der Waals surface area (Å²) in [5.74, 6) is 0.168. The van der Waals surface area contributed by atoms with E-state index in [1.165, 1.54) is 0 Å². The van der Waals surface area contributed by atoms with Crippen LogP contribution < -0.4 is 5.32 Å². The zero-order valence-electron chi connectivity index (χ0n) is 10.2. The summed E-state index contributed by atoms with van der Waals surface area (Å²) in [5, 5.41) is 2.94. The van der Waals surface area contributed by atoms with Crippen molar-refractivity contribution in [2.24, 2.45) is 5.41 Å². The van der Waals surface area contributed by atoms with Gasteiger partial charge in [0.05, 0.1) is 0 Å². The average molecular weight is 200 g/mol. The van der Waals surface area contributed by atoms with E-state index in [0.717, 1.165) is 19.5 Å². The fraction of sp³-hybridized carbons (Fsp3) is 0.909. The molecule has 1 N–H and O–H groups in total. The van der Waals surface area contributed by atoms with Crippen LogP contribution >= 0.6 is 0 Å². The molecular formula is C11H24N2O. The molecule has 0 atom stereocenters. The van der Waals surface area contributed by atoms with Crippen LogP contribution in [0.2, 0.25) is 0 Å². The standard InChI is InChI=1S/C11H24N2O/c1-11(2,3)9-12-10(14)7-6-8-13(4)5/h6-9H2,1-5H3,(H,12,14). The van der Waals surface area contributed by atoms with Gasteiger partial charge in [0.25, 0.3) is 0 Å². The molecule has 14 heavy (non-hydrogen) atoms. The predicted octanol–water partition coefficient (Wildman–Crippen LogP) is 1.49. The van der Waals surface area contributed by atoms with Gasteiger partial charge < -0.3 is 10.2 Å². The van der Waals surface area contributed by atoms with Gasteiger partial charge in [-0.25, -0.2) is 0 Å². The maximum Gasteiger partial charge on any atom is 0.220 e. The van der Waals surface area contributed by atoms with Crippen molar-refractivity contribution in [3.05, 3.63) is 0 Å². The minimum atomic E-state index is 0.168. The molecule has 0 aliphatic heterocycles. The maximum atomic E-state index is 11.3. The molecule has 0 saturated heterocycles. The predicted molar refractivity (Wildman–Crippen MR) is 60.3 cm³/mol. The second kappa shape index (κ2) is 6.02. The van der Waals surface area contributed by atoms with Crippen molar-refractivity contribution in [1.29, 1.82) is 0 Å². The SMILES string of the molecule is CN(C)CCCC(=O)NCC(C)(C)C. The number of nitrogens with one attached hydrogen (secondary N) is 1. The Hall–Kier alpha value is -0.570. The van der Waals surface area contributed by atoms with Gasteiger partial charge >= 0.3 is 0 Å². The quantitative estimate of drug-likeness (QED) is 0.729. The molecule has 0 bridgehead atoms. The van der Waals surface area contributed by atoms with Crippen LogP contribution in [0.25, 0.3) is 0 Å². The molecule has 0 unspecified atom stereocenters. The third kappa shape index (κ3) is 9.52. The van der Waals surface area contributed by atoms with Gasteiger partial charge in [-0.2, -0.15) is 0 Å². The van der Waals surface area contributed by atoms with Crippen LogP contribution in [0.1, 0.15) is 33.6 Å². The van der Waals surface area contributed by atoms with Crippen LogP contribution in [0.15, 0.2) is 0 Å². The van der Waals surface area contributed by atoms with Crippen molar-refractivity contribution in [2.45, 2.75) is 33.6 Å². The number of carbonyl (C=O) groups excluding carboxylic acids is 1. The molecule has 1 amide bonds. The summed E-state index contributed by atoms with van der Waals surface area (Å²) in [6, 6.07) is 0. The number of carbonyl (C=O) groups is 1. The highest BCUT2D eigenvalue weighted by molar-refractivity contribution is 5.75. The minimum absolute atomic E-state index is 0.168. The van der Waals surface area contributed by atoms with Crippen LogP contribution in [0.5, 0.6) is 0 Å².